The molecule has 0 aromatic rings. The molecule has 356 valence electrons. The van der Waals surface area contributed by atoms with Crippen LogP contribution in [0.3, 0.4) is 0 Å². The Balaban J connectivity index is 4.37. The minimum atomic E-state index is -0.779. The van der Waals surface area contributed by atoms with Gasteiger partial charge in [0.1, 0.15) is 13.2 Å². The lowest BCUT2D eigenvalue weighted by molar-refractivity contribution is -0.167. The Morgan fingerprint density at radius 3 is 0.967 bits per heavy atom. The fraction of sp³-hybridized carbons (Fsp3) is 0.836. The Hall–Kier alpha value is -2.37. The number of hydrogen-bond donors (Lipinski definition) is 0. The van der Waals surface area contributed by atoms with E-state index >= 15 is 0 Å². The number of allylic oxidation sites excluding steroid dienone is 6. The van der Waals surface area contributed by atoms with Crippen LogP contribution in [0, 0.1) is 0 Å². The number of ether oxygens (including phenoxy) is 3. The first-order valence-electron chi connectivity index (χ1n) is 26.5. The van der Waals surface area contributed by atoms with Crippen LogP contribution in [-0.4, -0.2) is 37.2 Å². The summed E-state index contributed by atoms with van der Waals surface area (Å²) < 4.78 is 16.8. The van der Waals surface area contributed by atoms with Crippen LogP contribution >= 0.6 is 0 Å². The van der Waals surface area contributed by atoms with Gasteiger partial charge in [0.15, 0.2) is 6.10 Å². The van der Waals surface area contributed by atoms with Crippen LogP contribution < -0.4 is 0 Å². The third-order valence-corrected chi connectivity index (χ3v) is 11.6. The van der Waals surface area contributed by atoms with Crippen LogP contribution in [0.4, 0.5) is 0 Å². The van der Waals surface area contributed by atoms with Crippen molar-refractivity contribution >= 4 is 17.9 Å². The number of unbranched alkanes of at least 4 members (excludes halogenated alkanes) is 31. The molecule has 0 rings (SSSR count). The van der Waals surface area contributed by atoms with Crippen LogP contribution in [0.15, 0.2) is 36.5 Å². The lowest BCUT2D eigenvalue weighted by Crippen LogP contribution is -2.30. The molecule has 0 N–H and O–H groups in total. The second-order valence-corrected chi connectivity index (χ2v) is 17.8. The second-order valence-electron chi connectivity index (χ2n) is 17.8. The summed E-state index contributed by atoms with van der Waals surface area (Å²) in [6.07, 6.45) is 58.4. The lowest BCUT2D eigenvalue weighted by atomic mass is 10.0. The van der Waals surface area contributed by atoms with Gasteiger partial charge in [-0.15, -0.1) is 0 Å². The molecular formula is C55H100O6. The van der Waals surface area contributed by atoms with Crippen LogP contribution in [0.1, 0.15) is 278 Å². The molecule has 0 saturated carbocycles. The molecule has 0 aromatic heterocycles. The topological polar surface area (TPSA) is 78.9 Å². The zero-order valence-electron chi connectivity index (χ0n) is 40.7. The van der Waals surface area contributed by atoms with E-state index in [-0.39, 0.29) is 31.1 Å². The summed E-state index contributed by atoms with van der Waals surface area (Å²) in [5.74, 6) is -0.891. The maximum atomic E-state index is 12.8. The summed E-state index contributed by atoms with van der Waals surface area (Å²) in [7, 11) is 0. The molecular weight excluding hydrogens is 757 g/mol. The Morgan fingerprint density at radius 2 is 0.590 bits per heavy atom. The number of esters is 3. The highest BCUT2D eigenvalue weighted by Gasteiger charge is 2.19. The first-order chi connectivity index (χ1) is 30.0. The zero-order chi connectivity index (χ0) is 44.4. The van der Waals surface area contributed by atoms with Gasteiger partial charge in [-0.3, -0.25) is 14.4 Å². The van der Waals surface area contributed by atoms with E-state index in [0.717, 1.165) is 83.5 Å². The fourth-order valence-electron chi connectivity index (χ4n) is 7.59. The predicted octanol–water partition coefficient (Wildman–Crippen LogP) is 17.3. The maximum absolute atomic E-state index is 12.8. The van der Waals surface area contributed by atoms with Gasteiger partial charge in [0, 0.05) is 19.3 Å². The highest BCUT2D eigenvalue weighted by molar-refractivity contribution is 5.71. The number of hydrogen-bond acceptors (Lipinski definition) is 6. The van der Waals surface area contributed by atoms with Crippen LogP contribution in [0.5, 0.6) is 0 Å². The molecule has 0 bridgehead atoms. The number of carbonyl (C=O) groups excluding carboxylic acids is 3. The molecule has 1 atom stereocenters. The standard InChI is InChI=1S/C55H100O6/c1-4-7-10-13-16-19-22-25-26-27-28-31-33-36-39-42-45-48-54(57)60-51-52(61-55(58)49-46-43-40-37-34-30-24-21-18-15-12-9-6-3)50-59-53(56)47-44-41-38-35-32-29-23-20-17-14-11-8-5-2/h16,19,25-26,30,34,52H,4-15,17-18,20-24,27-29,31-33,35-51H2,1-3H3/b19-16-,26-25-,34-30-. The maximum Gasteiger partial charge on any atom is 0.306 e. The summed E-state index contributed by atoms with van der Waals surface area (Å²) >= 11 is 0. The van der Waals surface area contributed by atoms with E-state index in [0.29, 0.717) is 19.3 Å². The number of carbonyl (C=O) groups is 3. The Bertz CT molecular complexity index is 1030. The molecule has 0 aliphatic rings. The highest BCUT2D eigenvalue weighted by atomic mass is 16.6. The van der Waals surface area contributed by atoms with Crippen molar-refractivity contribution in [2.75, 3.05) is 13.2 Å². The summed E-state index contributed by atoms with van der Waals surface area (Å²) in [6.45, 7) is 6.61. The first-order valence-corrected chi connectivity index (χ1v) is 26.5. The second kappa shape index (κ2) is 50.3. The molecule has 0 aromatic carbocycles. The van der Waals surface area contributed by atoms with Crippen molar-refractivity contribution in [1.29, 1.82) is 0 Å². The molecule has 0 heterocycles. The predicted molar refractivity (Wildman–Crippen MR) is 261 cm³/mol. The van der Waals surface area contributed by atoms with Crippen molar-refractivity contribution < 1.29 is 28.6 Å². The van der Waals surface area contributed by atoms with Crippen molar-refractivity contribution in [2.24, 2.45) is 0 Å². The molecule has 6 nitrogen and oxygen atoms in total. The summed E-state index contributed by atoms with van der Waals surface area (Å²) in [5, 5.41) is 0. The van der Waals surface area contributed by atoms with Crippen molar-refractivity contribution in [2.45, 2.75) is 284 Å². The Labute approximate surface area is 378 Å². The average Bonchev–Trinajstić information content (AvgIpc) is 3.26. The molecule has 1 unspecified atom stereocenters. The number of rotatable bonds is 48. The summed E-state index contributed by atoms with van der Waals surface area (Å²) in [4.78, 5) is 38.0. The van der Waals surface area contributed by atoms with Crippen molar-refractivity contribution in [3.8, 4) is 0 Å². The van der Waals surface area contributed by atoms with E-state index in [2.05, 4.69) is 57.2 Å². The first kappa shape index (κ1) is 58.6. The van der Waals surface area contributed by atoms with Crippen molar-refractivity contribution in [3.05, 3.63) is 36.5 Å². The van der Waals surface area contributed by atoms with Gasteiger partial charge in [-0.25, -0.2) is 0 Å². The van der Waals surface area contributed by atoms with Gasteiger partial charge < -0.3 is 14.2 Å². The van der Waals surface area contributed by atoms with Gasteiger partial charge in [-0.2, -0.15) is 0 Å². The molecule has 0 fully saturated rings. The molecule has 0 radical (unpaired) electrons. The van der Waals surface area contributed by atoms with Gasteiger partial charge in [0.25, 0.3) is 0 Å². The molecule has 0 amide bonds. The quantitative estimate of drug-likeness (QED) is 0.0262. The third-order valence-electron chi connectivity index (χ3n) is 11.6. The van der Waals surface area contributed by atoms with Gasteiger partial charge in [-0.05, 0) is 77.0 Å². The van der Waals surface area contributed by atoms with Crippen LogP contribution in [0.2, 0.25) is 0 Å². The monoisotopic (exact) mass is 857 g/mol. The van der Waals surface area contributed by atoms with E-state index in [9.17, 15) is 14.4 Å². The third kappa shape index (κ3) is 48.5. The minimum Gasteiger partial charge on any atom is -0.462 e. The molecule has 61 heavy (non-hydrogen) atoms. The SMILES string of the molecule is CCCCC/C=C\C/C=C\CCCCCCCCCC(=O)OCC(COC(=O)CCCCCCCCCCCCCCC)OC(=O)CCCCC/C=C\CCCCCCCC. The molecule has 0 spiro atoms. The van der Waals surface area contributed by atoms with Gasteiger partial charge in [0.05, 0.1) is 0 Å². The largest absolute Gasteiger partial charge is 0.462 e. The molecule has 6 heteroatoms. The van der Waals surface area contributed by atoms with E-state index in [1.165, 1.54) is 154 Å². The zero-order valence-corrected chi connectivity index (χ0v) is 40.7. The Morgan fingerprint density at radius 1 is 0.328 bits per heavy atom. The van der Waals surface area contributed by atoms with E-state index in [1.807, 2.05) is 0 Å². The van der Waals surface area contributed by atoms with Crippen molar-refractivity contribution in [3.63, 3.8) is 0 Å². The van der Waals surface area contributed by atoms with Gasteiger partial charge >= 0.3 is 17.9 Å². The van der Waals surface area contributed by atoms with Crippen LogP contribution in [0.25, 0.3) is 0 Å². The van der Waals surface area contributed by atoms with Crippen LogP contribution in [-0.2, 0) is 28.6 Å². The Kier molecular flexibility index (Phi) is 48.3. The van der Waals surface area contributed by atoms with Crippen molar-refractivity contribution in [1.82, 2.24) is 0 Å². The summed E-state index contributed by atoms with van der Waals surface area (Å²) in [5.41, 5.74) is 0. The van der Waals surface area contributed by atoms with Gasteiger partial charge in [-0.1, -0.05) is 218 Å². The van der Waals surface area contributed by atoms with E-state index in [1.54, 1.807) is 0 Å². The average molecular weight is 857 g/mol. The molecule has 0 saturated heterocycles. The molecule has 0 aliphatic heterocycles. The lowest BCUT2D eigenvalue weighted by Gasteiger charge is -2.18. The molecule has 0 aliphatic carbocycles. The van der Waals surface area contributed by atoms with E-state index < -0.39 is 6.10 Å². The fourth-order valence-corrected chi connectivity index (χ4v) is 7.59. The minimum absolute atomic E-state index is 0.0777. The van der Waals surface area contributed by atoms with Gasteiger partial charge in [0.2, 0.25) is 0 Å². The summed E-state index contributed by atoms with van der Waals surface area (Å²) in [6, 6.07) is 0. The normalized spacial score (nSPS) is 12.2. The highest BCUT2D eigenvalue weighted by Crippen LogP contribution is 2.15. The van der Waals surface area contributed by atoms with E-state index in [4.69, 9.17) is 14.2 Å². The smallest absolute Gasteiger partial charge is 0.306 e.